The van der Waals surface area contributed by atoms with Crippen molar-refractivity contribution in [1.82, 2.24) is 19.6 Å². The van der Waals surface area contributed by atoms with Gasteiger partial charge in [0, 0.05) is 14.1 Å². The van der Waals surface area contributed by atoms with E-state index in [1.165, 1.54) is 0 Å². The zero-order chi connectivity index (χ0) is 11.0. The summed E-state index contributed by atoms with van der Waals surface area (Å²) >= 11 is 0. The van der Waals surface area contributed by atoms with Gasteiger partial charge in [-0.3, -0.25) is 19.4 Å². The summed E-state index contributed by atoms with van der Waals surface area (Å²) < 4.78 is 0. The molecular weight excluding hydrogens is 196 g/mol. The molecule has 0 aliphatic carbocycles. The first-order chi connectivity index (χ1) is 7.06. The molecule has 2 saturated heterocycles. The molecule has 0 spiro atoms. The number of hydrogen-bond donors (Lipinski definition) is 0. The van der Waals surface area contributed by atoms with E-state index in [2.05, 4.69) is 0 Å². The van der Waals surface area contributed by atoms with Crippen LogP contribution in [0.15, 0.2) is 0 Å². The predicted octanol–water partition coefficient (Wildman–Crippen LogP) is -1.59. The Morgan fingerprint density at radius 1 is 0.800 bits per heavy atom. The van der Waals surface area contributed by atoms with E-state index in [9.17, 15) is 9.59 Å². The summed E-state index contributed by atoms with van der Waals surface area (Å²) in [5.41, 5.74) is 0. The highest BCUT2D eigenvalue weighted by Crippen LogP contribution is 2.09. The average Bonchev–Trinajstić information content (AvgIpc) is 2.34. The van der Waals surface area contributed by atoms with Gasteiger partial charge in [0.15, 0.2) is 0 Å². The maximum absolute atomic E-state index is 11.6. The number of carbonyl (C=O) groups excluding carboxylic acids is 2. The molecule has 2 amide bonds. The molecule has 2 unspecified atom stereocenters. The van der Waals surface area contributed by atoms with Crippen LogP contribution < -0.4 is 0 Å². The van der Waals surface area contributed by atoms with Crippen molar-refractivity contribution in [2.45, 2.75) is 0 Å². The van der Waals surface area contributed by atoms with Gasteiger partial charge in [-0.05, 0) is 0 Å². The Bertz CT molecular complexity index is 266. The number of carbonyl (C=O) groups is 2. The number of nitrogens with zero attached hydrogens (tertiary/aromatic N) is 4. The van der Waals surface area contributed by atoms with Gasteiger partial charge in [-0.15, -0.1) is 0 Å². The Kier molecular flexibility index (Phi) is 2.62. The topological polar surface area (TPSA) is 47.1 Å². The summed E-state index contributed by atoms with van der Waals surface area (Å²) in [4.78, 5) is 30.5. The van der Waals surface area contributed by atoms with E-state index in [4.69, 9.17) is 0 Å². The SMILES string of the molecule is CN1CN2CC(=O)N(C)CN(CC1=O)C2. The highest BCUT2D eigenvalue weighted by Gasteiger charge is 2.29. The maximum Gasteiger partial charge on any atom is 0.237 e. The number of rotatable bonds is 0. The minimum Gasteiger partial charge on any atom is -0.332 e. The molecule has 2 heterocycles. The molecule has 2 bridgehead atoms. The second kappa shape index (κ2) is 3.79. The van der Waals surface area contributed by atoms with Gasteiger partial charge in [0.1, 0.15) is 0 Å². The molecule has 15 heavy (non-hydrogen) atoms. The summed E-state index contributed by atoms with van der Waals surface area (Å²) in [5.74, 6) is 0.223. The highest BCUT2D eigenvalue weighted by molar-refractivity contribution is 5.80. The van der Waals surface area contributed by atoms with Crippen molar-refractivity contribution < 1.29 is 9.59 Å². The summed E-state index contributed by atoms with van der Waals surface area (Å²) in [6.07, 6.45) is 0. The van der Waals surface area contributed by atoms with E-state index in [0.29, 0.717) is 33.1 Å². The molecule has 2 atom stereocenters. The molecule has 0 radical (unpaired) electrons. The largest absolute Gasteiger partial charge is 0.332 e. The molecule has 2 aliphatic heterocycles. The Balaban J connectivity index is 2.16. The smallest absolute Gasteiger partial charge is 0.237 e. The lowest BCUT2D eigenvalue weighted by atomic mass is 10.4. The zero-order valence-electron chi connectivity index (χ0n) is 9.14. The van der Waals surface area contributed by atoms with Crippen LogP contribution in [-0.2, 0) is 9.59 Å². The van der Waals surface area contributed by atoms with Crippen LogP contribution in [0, 0.1) is 0 Å². The molecule has 6 nitrogen and oxygen atoms in total. The molecule has 0 aromatic heterocycles. The summed E-state index contributed by atoms with van der Waals surface area (Å²) in [5, 5.41) is 0. The standard InChI is InChI=1S/C9H16N4O2/c1-10-5-12-4-9(15)11(2)6-13(7-12)3-8(10)14/h3-7H2,1-2H3. The first kappa shape index (κ1) is 10.4. The number of hydrogen-bond acceptors (Lipinski definition) is 4. The second-order valence-corrected chi connectivity index (χ2v) is 4.27. The second-order valence-electron chi connectivity index (χ2n) is 4.27. The summed E-state index contributed by atoms with van der Waals surface area (Å²) in [7, 11) is 3.54. The molecule has 84 valence electrons. The van der Waals surface area contributed by atoms with Crippen molar-refractivity contribution in [3.63, 3.8) is 0 Å². The van der Waals surface area contributed by atoms with Crippen LogP contribution in [0.1, 0.15) is 0 Å². The van der Waals surface area contributed by atoms with Gasteiger partial charge in [0.2, 0.25) is 11.8 Å². The highest BCUT2D eigenvalue weighted by atomic mass is 16.2. The minimum atomic E-state index is 0.111. The molecule has 0 aromatic carbocycles. The zero-order valence-corrected chi connectivity index (χ0v) is 9.14. The van der Waals surface area contributed by atoms with Crippen molar-refractivity contribution in [2.75, 3.05) is 47.2 Å². The van der Waals surface area contributed by atoms with Crippen molar-refractivity contribution in [3.05, 3.63) is 0 Å². The predicted molar refractivity (Wildman–Crippen MR) is 53.6 cm³/mol. The van der Waals surface area contributed by atoms with E-state index in [1.54, 1.807) is 23.9 Å². The normalized spacial score (nSPS) is 32.7. The molecule has 2 rings (SSSR count). The third-order valence-electron chi connectivity index (χ3n) is 2.79. The maximum atomic E-state index is 11.6. The Labute approximate surface area is 89.0 Å². The van der Waals surface area contributed by atoms with Crippen molar-refractivity contribution >= 4 is 11.8 Å². The quantitative estimate of drug-likeness (QED) is 0.485. The molecule has 2 aliphatic rings. The first-order valence-corrected chi connectivity index (χ1v) is 4.99. The minimum absolute atomic E-state index is 0.111. The Morgan fingerprint density at radius 3 is 1.60 bits per heavy atom. The van der Waals surface area contributed by atoms with E-state index in [-0.39, 0.29) is 11.8 Å². The summed E-state index contributed by atoms with van der Waals surface area (Å²) in [6, 6.07) is 0. The lowest BCUT2D eigenvalue weighted by Crippen LogP contribution is -2.43. The van der Waals surface area contributed by atoms with Gasteiger partial charge in [-0.25, -0.2) is 0 Å². The van der Waals surface area contributed by atoms with Crippen LogP contribution in [0.4, 0.5) is 0 Å². The van der Waals surface area contributed by atoms with Gasteiger partial charge < -0.3 is 9.80 Å². The lowest BCUT2D eigenvalue weighted by molar-refractivity contribution is -0.136. The fourth-order valence-corrected chi connectivity index (χ4v) is 1.95. The van der Waals surface area contributed by atoms with E-state index in [1.807, 2.05) is 9.80 Å². The summed E-state index contributed by atoms with van der Waals surface area (Å²) in [6.45, 7) is 2.55. The van der Waals surface area contributed by atoms with Crippen LogP contribution in [-0.4, -0.2) is 78.6 Å². The number of fused-ring (bicyclic) bond motifs is 2. The van der Waals surface area contributed by atoms with Gasteiger partial charge in [0.05, 0.1) is 33.1 Å². The van der Waals surface area contributed by atoms with Gasteiger partial charge >= 0.3 is 0 Å². The molecule has 0 aromatic rings. The van der Waals surface area contributed by atoms with Crippen molar-refractivity contribution in [3.8, 4) is 0 Å². The lowest BCUT2D eigenvalue weighted by Gasteiger charge is -2.23. The van der Waals surface area contributed by atoms with E-state index >= 15 is 0 Å². The van der Waals surface area contributed by atoms with Gasteiger partial charge in [-0.2, -0.15) is 0 Å². The molecule has 0 N–H and O–H groups in total. The number of amides is 2. The van der Waals surface area contributed by atoms with E-state index < -0.39 is 0 Å². The van der Waals surface area contributed by atoms with Gasteiger partial charge in [-0.1, -0.05) is 0 Å². The fourth-order valence-electron chi connectivity index (χ4n) is 1.95. The third-order valence-corrected chi connectivity index (χ3v) is 2.79. The Hall–Kier alpha value is -1.14. The van der Waals surface area contributed by atoms with Crippen LogP contribution in [0.25, 0.3) is 0 Å². The van der Waals surface area contributed by atoms with Crippen LogP contribution in [0.3, 0.4) is 0 Å². The number of likely N-dealkylation sites (N-methyl/N-ethyl adjacent to an activating group) is 2. The third kappa shape index (κ3) is 2.10. The average molecular weight is 212 g/mol. The van der Waals surface area contributed by atoms with Crippen LogP contribution in [0.2, 0.25) is 0 Å². The van der Waals surface area contributed by atoms with Gasteiger partial charge in [0.25, 0.3) is 0 Å². The Morgan fingerprint density at radius 2 is 1.20 bits per heavy atom. The monoisotopic (exact) mass is 212 g/mol. The van der Waals surface area contributed by atoms with Crippen LogP contribution >= 0.6 is 0 Å². The van der Waals surface area contributed by atoms with E-state index in [0.717, 1.165) is 0 Å². The molecule has 6 heteroatoms. The fraction of sp³-hybridized carbons (Fsp3) is 0.778. The molecule has 0 saturated carbocycles. The molecular formula is C9H16N4O2. The van der Waals surface area contributed by atoms with Crippen molar-refractivity contribution in [1.29, 1.82) is 0 Å². The molecule has 2 fully saturated rings. The first-order valence-electron chi connectivity index (χ1n) is 4.99. The van der Waals surface area contributed by atoms with Crippen LogP contribution in [0.5, 0.6) is 0 Å². The van der Waals surface area contributed by atoms with Crippen molar-refractivity contribution in [2.24, 2.45) is 0 Å².